The minimum Gasteiger partial charge on any atom is -0.493 e. The average Bonchev–Trinajstić information content (AvgIpc) is 3.02. The van der Waals surface area contributed by atoms with Crippen LogP contribution in [-0.4, -0.2) is 33.4 Å². The van der Waals surface area contributed by atoms with Crippen LogP contribution < -0.4 is 10.1 Å². The molecule has 0 radical (unpaired) electrons. The maximum atomic E-state index is 14.5. The highest BCUT2D eigenvalue weighted by molar-refractivity contribution is 7.94. The summed E-state index contributed by atoms with van der Waals surface area (Å²) in [4.78, 5) is -0.400. The summed E-state index contributed by atoms with van der Waals surface area (Å²) in [5, 5.41) is 3.37. The van der Waals surface area contributed by atoms with Crippen molar-refractivity contribution in [2.75, 3.05) is 12.4 Å². The number of benzene rings is 2. The van der Waals surface area contributed by atoms with Crippen molar-refractivity contribution < 1.29 is 44.2 Å². The molecule has 0 aliphatic carbocycles. The molecule has 0 unspecified atom stereocenters. The van der Waals surface area contributed by atoms with Crippen molar-refractivity contribution in [1.82, 2.24) is 0 Å². The van der Waals surface area contributed by atoms with E-state index >= 15 is 0 Å². The van der Waals surface area contributed by atoms with Crippen molar-refractivity contribution in [3.8, 4) is 5.75 Å². The molecule has 12 heteroatoms. The van der Waals surface area contributed by atoms with E-state index in [4.69, 9.17) is 9.47 Å². The molecule has 5 nitrogen and oxygen atoms in total. The number of sulfone groups is 1. The zero-order valence-electron chi connectivity index (χ0n) is 18.0. The van der Waals surface area contributed by atoms with Gasteiger partial charge in [0.25, 0.3) is 0 Å². The van der Waals surface area contributed by atoms with Gasteiger partial charge in [-0.15, -0.1) is 0 Å². The van der Waals surface area contributed by atoms with Gasteiger partial charge in [-0.2, -0.15) is 17.6 Å². The first-order valence-electron chi connectivity index (χ1n) is 10.0. The fraction of sp³-hybridized carbons (Fsp3) is 0.364. The van der Waals surface area contributed by atoms with Gasteiger partial charge in [0.05, 0.1) is 28.8 Å². The number of ether oxygens (including phenoxy) is 2. The Kier molecular flexibility index (Phi) is 5.67. The number of anilines is 1. The Morgan fingerprint density at radius 3 is 2.41 bits per heavy atom. The summed E-state index contributed by atoms with van der Waals surface area (Å²) < 4.78 is 120. The molecule has 2 aliphatic rings. The van der Waals surface area contributed by atoms with Crippen LogP contribution in [0.4, 0.5) is 32.0 Å². The lowest BCUT2D eigenvalue weighted by atomic mass is 9.76. The molecular formula is C22H19F6NO4S. The molecule has 2 aliphatic heterocycles. The molecule has 0 aromatic heterocycles. The molecule has 0 spiro atoms. The standard InChI is InChI=1S/C22H19F6NO4S/c1-10-17(12-5-6-13(24)18(25)19(12)32-3)20(33-21(10,2)22(26,27)28)15-9-34(30,31)16-8-11(23)4-7-14(16)29-15/h4-10,17,20,29H,1-3H3/t10-,17-,20-,21+/m0/s1. The molecule has 4 atom stereocenters. The first-order chi connectivity index (χ1) is 15.7. The van der Waals surface area contributed by atoms with Crippen LogP contribution in [0.5, 0.6) is 5.75 Å². The quantitative estimate of drug-likeness (QED) is 0.572. The van der Waals surface area contributed by atoms with Gasteiger partial charge in [-0.3, -0.25) is 0 Å². The first kappa shape index (κ1) is 24.4. The van der Waals surface area contributed by atoms with E-state index in [9.17, 15) is 34.8 Å². The highest BCUT2D eigenvalue weighted by Gasteiger charge is 2.65. The molecule has 2 aromatic rings. The summed E-state index contributed by atoms with van der Waals surface area (Å²) in [6, 6.07) is 4.72. The van der Waals surface area contributed by atoms with Crippen molar-refractivity contribution >= 4 is 15.5 Å². The molecule has 0 saturated carbocycles. The van der Waals surface area contributed by atoms with Crippen LogP contribution in [0.25, 0.3) is 0 Å². The van der Waals surface area contributed by atoms with Gasteiger partial charge in [0, 0.05) is 17.4 Å². The van der Waals surface area contributed by atoms with Crippen molar-refractivity contribution in [1.29, 1.82) is 0 Å². The van der Waals surface area contributed by atoms with Gasteiger partial charge >= 0.3 is 6.18 Å². The second-order valence-corrected chi connectivity index (χ2v) is 10.1. The summed E-state index contributed by atoms with van der Waals surface area (Å²) in [7, 11) is -3.23. The van der Waals surface area contributed by atoms with Crippen molar-refractivity contribution in [3.05, 3.63) is 64.5 Å². The number of halogens is 6. The number of rotatable bonds is 3. The van der Waals surface area contributed by atoms with E-state index in [2.05, 4.69) is 5.32 Å². The largest absolute Gasteiger partial charge is 0.493 e. The van der Waals surface area contributed by atoms with Gasteiger partial charge in [0.2, 0.25) is 15.7 Å². The highest BCUT2D eigenvalue weighted by Crippen LogP contribution is 2.56. The number of fused-ring (bicyclic) bond motifs is 1. The second-order valence-electron chi connectivity index (χ2n) is 8.33. The first-order valence-corrected chi connectivity index (χ1v) is 11.6. The lowest BCUT2D eigenvalue weighted by Crippen LogP contribution is -2.47. The zero-order valence-corrected chi connectivity index (χ0v) is 18.8. The Balaban J connectivity index is 1.91. The van der Waals surface area contributed by atoms with E-state index in [0.717, 1.165) is 44.4 Å². The third-order valence-corrected chi connectivity index (χ3v) is 7.94. The molecule has 1 saturated heterocycles. The predicted molar refractivity (Wildman–Crippen MR) is 109 cm³/mol. The van der Waals surface area contributed by atoms with Crippen molar-refractivity contribution in [3.63, 3.8) is 0 Å². The van der Waals surface area contributed by atoms with Gasteiger partial charge in [-0.05, 0) is 31.2 Å². The van der Waals surface area contributed by atoms with Crippen LogP contribution in [-0.2, 0) is 14.6 Å². The summed E-state index contributed by atoms with van der Waals surface area (Å²) >= 11 is 0. The summed E-state index contributed by atoms with van der Waals surface area (Å²) in [5.74, 6) is -6.77. The van der Waals surface area contributed by atoms with Gasteiger partial charge in [-0.1, -0.05) is 13.0 Å². The molecule has 1 N–H and O–H groups in total. The van der Waals surface area contributed by atoms with Gasteiger partial charge in [0.15, 0.2) is 17.2 Å². The number of nitrogens with one attached hydrogen (secondary N) is 1. The third kappa shape index (κ3) is 3.63. The van der Waals surface area contributed by atoms with Crippen molar-refractivity contribution in [2.45, 2.75) is 42.5 Å². The lowest BCUT2D eigenvalue weighted by Gasteiger charge is -2.32. The summed E-state index contributed by atoms with van der Waals surface area (Å²) in [6.07, 6.45) is -6.46. The Morgan fingerprint density at radius 2 is 1.79 bits per heavy atom. The highest BCUT2D eigenvalue weighted by atomic mass is 32.2. The Morgan fingerprint density at radius 1 is 1.12 bits per heavy atom. The van der Waals surface area contributed by atoms with Gasteiger partial charge in [0.1, 0.15) is 11.9 Å². The van der Waals surface area contributed by atoms with E-state index in [1.807, 2.05) is 0 Å². The molecular weight excluding hydrogens is 488 g/mol. The van der Waals surface area contributed by atoms with E-state index in [-0.39, 0.29) is 16.9 Å². The van der Waals surface area contributed by atoms with Crippen molar-refractivity contribution in [2.24, 2.45) is 5.92 Å². The molecule has 4 rings (SSSR count). The molecule has 1 fully saturated rings. The monoisotopic (exact) mass is 507 g/mol. The average molecular weight is 507 g/mol. The maximum Gasteiger partial charge on any atom is 0.417 e. The number of hydrogen-bond acceptors (Lipinski definition) is 5. The van der Waals surface area contributed by atoms with Gasteiger partial charge in [-0.25, -0.2) is 17.2 Å². The lowest BCUT2D eigenvalue weighted by molar-refractivity contribution is -0.271. The van der Waals surface area contributed by atoms with Crippen LogP contribution in [0.2, 0.25) is 0 Å². The third-order valence-electron chi connectivity index (χ3n) is 6.43. The summed E-state index contributed by atoms with van der Waals surface area (Å²) in [5.41, 5.74) is -3.23. The number of methoxy groups -OCH3 is 1. The van der Waals surface area contributed by atoms with Crippen LogP contribution in [0.15, 0.2) is 46.3 Å². The van der Waals surface area contributed by atoms with Crippen LogP contribution in [0.3, 0.4) is 0 Å². The minimum atomic E-state index is -4.89. The van der Waals surface area contributed by atoms with Crippen LogP contribution in [0.1, 0.15) is 25.3 Å². The van der Waals surface area contributed by atoms with E-state index in [1.165, 1.54) is 6.92 Å². The van der Waals surface area contributed by atoms with Crippen LogP contribution >= 0.6 is 0 Å². The Bertz CT molecular complexity index is 1290. The molecule has 0 bridgehead atoms. The van der Waals surface area contributed by atoms with Gasteiger partial charge < -0.3 is 14.8 Å². The normalized spacial score (nSPS) is 28.1. The van der Waals surface area contributed by atoms with Crippen LogP contribution in [0, 0.1) is 23.4 Å². The smallest absolute Gasteiger partial charge is 0.417 e. The minimum absolute atomic E-state index is 0.0632. The molecule has 2 aromatic carbocycles. The maximum absolute atomic E-state index is 14.5. The zero-order chi connectivity index (χ0) is 25.2. The fourth-order valence-corrected chi connectivity index (χ4v) is 5.83. The van der Waals surface area contributed by atoms with E-state index in [0.29, 0.717) is 5.41 Å². The molecule has 184 valence electrons. The summed E-state index contributed by atoms with van der Waals surface area (Å²) in [6.45, 7) is 2.03. The Hall–Kier alpha value is -2.73. The Labute approximate surface area is 191 Å². The second kappa shape index (κ2) is 7.91. The number of alkyl halides is 3. The van der Waals surface area contributed by atoms with E-state index in [1.54, 1.807) is 0 Å². The molecule has 34 heavy (non-hydrogen) atoms. The molecule has 2 heterocycles. The number of hydrogen-bond donors (Lipinski definition) is 1. The van der Waals surface area contributed by atoms with E-state index < -0.39 is 67.7 Å². The predicted octanol–water partition coefficient (Wildman–Crippen LogP) is 5.29. The topological polar surface area (TPSA) is 64.6 Å². The molecule has 0 amide bonds. The SMILES string of the molecule is COc1c([C@H]2[C@H](C3=CS(=O)(=O)c4cc(F)ccc4N3)O[C@@](C)(C(F)(F)F)[C@H]2C)ccc(F)c1F. The fourth-order valence-electron chi connectivity index (χ4n) is 4.47.